The van der Waals surface area contributed by atoms with Crippen LogP contribution >= 0.6 is 0 Å². The minimum atomic E-state index is -1.07. The molecular formula is C20H24N2O4. The monoisotopic (exact) mass is 356 g/mol. The maximum absolute atomic E-state index is 11.9. The number of rotatable bonds is 10. The van der Waals surface area contributed by atoms with E-state index >= 15 is 0 Å². The number of aromatic nitrogens is 2. The minimum Gasteiger partial charge on any atom is -0.478 e. The number of aromatic carboxylic acids is 1. The van der Waals surface area contributed by atoms with Gasteiger partial charge in [-0.15, -0.1) is 0 Å². The second-order valence-electron chi connectivity index (χ2n) is 6.12. The van der Waals surface area contributed by atoms with Gasteiger partial charge in [-0.3, -0.25) is 4.79 Å². The Bertz CT molecular complexity index is 712. The summed E-state index contributed by atoms with van der Waals surface area (Å²) in [6.45, 7) is 2.18. The molecule has 0 radical (unpaired) electrons. The van der Waals surface area contributed by atoms with E-state index in [9.17, 15) is 9.59 Å². The van der Waals surface area contributed by atoms with Crippen molar-refractivity contribution in [2.24, 2.45) is 0 Å². The van der Waals surface area contributed by atoms with Gasteiger partial charge in [0, 0.05) is 24.4 Å². The highest BCUT2D eigenvalue weighted by molar-refractivity contribution is 5.86. The molecule has 0 spiro atoms. The Balaban J connectivity index is 1.81. The molecule has 0 saturated heterocycles. The number of hydrogen-bond donors (Lipinski definition) is 1. The van der Waals surface area contributed by atoms with E-state index in [1.54, 1.807) is 24.3 Å². The summed E-state index contributed by atoms with van der Waals surface area (Å²) < 4.78 is 5.33. The van der Waals surface area contributed by atoms with Crippen molar-refractivity contribution in [3.63, 3.8) is 0 Å². The molecule has 0 amide bonds. The summed E-state index contributed by atoms with van der Waals surface area (Å²) in [5.41, 5.74) is 0.756. The molecule has 6 heteroatoms. The third-order valence-corrected chi connectivity index (χ3v) is 3.98. The van der Waals surface area contributed by atoms with Crippen molar-refractivity contribution in [1.29, 1.82) is 0 Å². The summed E-state index contributed by atoms with van der Waals surface area (Å²) >= 11 is 0. The van der Waals surface area contributed by atoms with Gasteiger partial charge >= 0.3 is 11.9 Å². The maximum Gasteiger partial charge on any atom is 0.338 e. The van der Waals surface area contributed by atoms with Gasteiger partial charge in [0.05, 0.1) is 5.56 Å². The molecule has 0 atom stereocenters. The van der Waals surface area contributed by atoms with Gasteiger partial charge in [-0.05, 0) is 30.7 Å². The lowest BCUT2D eigenvalue weighted by molar-refractivity contribution is -0.134. The lowest BCUT2D eigenvalue weighted by Crippen LogP contribution is -2.07. The average molecular weight is 356 g/mol. The third-order valence-electron chi connectivity index (χ3n) is 3.98. The number of unbranched alkanes of at least 4 members (excludes halogenated alkanes) is 5. The Hall–Kier alpha value is -2.76. The molecule has 0 aliphatic rings. The van der Waals surface area contributed by atoms with Crippen LogP contribution in [0.15, 0.2) is 36.7 Å². The first kappa shape index (κ1) is 19.6. The van der Waals surface area contributed by atoms with Crippen molar-refractivity contribution < 1.29 is 19.4 Å². The number of carbonyl (C=O) groups excluding carboxylic acids is 1. The van der Waals surface area contributed by atoms with Crippen LogP contribution in [0, 0.1) is 0 Å². The fourth-order valence-corrected chi connectivity index (χ4v) is 2.49. The Morgan fingerprint density at radius 2 is 1.58 bits per heavy atom. The van der Waals surface area contributed by atoms with Crippen LogP contribution in [0.5, 0.6) is 5.75 Å². The highest BCUT2D eigenvalue weighted by atomic mass is 16.5. The summed E-state index contributed by atoms with van der Waals surface area (Å²) in [4.78, 5) is 30.7. The molecule has 138 valence electrons. The van der Waals surface area contributed by atoms with Crippen LogP contribution in [0.25, 0.3) is 11.4 Å². The Morgan fingerprint density at radius 1 is 0.962 bits per heavy atom. The SMILES string of the molecule is CCCCCCCCC(=O)Oc1ccc(-c2ncc(C(=O)O)cn2)cc1. The molecule has 6 nitrogen and oxygen atoms in total. The van der Waals surface area contributed by atoms with Gasteiger partial charge in [-0.25, -0.2) is 14.8 Å². The van der Waals surface area contributed by atoms with Crippen LogP contribution < -0.4 is 4.74 Å². The predicted molar refractivity (Wildman–Crippen MR) is 98.1 cm³/mol. The van der Waals surface area contributed by atoms with E-state index in [0.29, 0.717) is 18.0 Å². The van der Waals surface area contributed by atoms with Crippen LogP contribution in [-0.2, 0) is 4.79 Å². The molecular weight excluding hydrogens is 332 g/mol. The van der Waals surface area contributed by atoms with Crippen molar-refractivity contribution in [1.82, 2.24) is 9.97 Å². The van der Waals surface area contributed by atoms with Crippen molar-refractivity contribution in [3.8, 4) is 17.1 Å². The fraction of sp³-hybridized carbons (Fsp3) is 0.400. The Labute approximate surface area is 153 Å². The molecule has 0 saturated carbocycles. The lowest BCUT2D eigenvalue weighted by Gasteiger charge is -2.06. The summed E-state index contributed by atoms with van der Waals surface area (Å²) in [6, 6.07) is 6.85. The van der Waals surface area contributed by atoms with E-state index < -0.39 is 5.97 Å². The van der Waals surface area contributed by atoms with E-state index in [1.807, 2.05) is 0 Å². The molecule has 1 N–H and O–H groups in total. The molecule has 26 heavy (non-hydrogen) atoms. The van der Waals surface area contributed by atoms with Gasteiger partial charge in [-0.1, -0.05) is 39.0 Å². The third kappa shape index (κ3) is 6.27. The number of esters is 1. The number of carboxylic acids is 1. The minimum absolute atomic E-state index is 0.0361. The molecule has 1 heterocycles. The summed E-state index contributed by atoms with van der Waals surface area (Å²) in [7, 11) is 0. The molecule has 0 unspecified atom stereocenters. The van der Waals surface area contributed by atoms with Crippen LogP contribution in [0.1, 0.15) is 62.2 Å². The number of carbonyl (C=O) groups is 2. The lowest BCUT2D eigenvalue weighted by atomic mass is 10.1. The second kappa shape index (κ2) is 10.3. The molecule has 1 aromatic heterocycles. The highest BCUT2D eigenvalue weighted by Gasteiger charge is 2.08. The van der Waals surface area contributed by atoms with Gasteiger partial charge in [0.25, 0.3) is 0 Å². The molecule has 0 fully saturated rings. The quantitative estimate of drug-likeness (QED) is 0.383. The van der Waals surface area contributed by atoms with Gasteiger partial charge in [0.2, 0.25) is 0 Å². The molecule has 1 aromatic carbocycles. The number of carboxylic acid groups (broad SMARTS) is 1. The number of benzene rings is 1. The first-order chi connectivity index (χ1) is 12.6. The average Bonchev–Trinajstić information content (AvgIpc) is 2.65. The van der Waals surface area contributed by atoms with E-state index in [-0.39, 0.29) is 11.5 Å². The van der Waals surface area contributed by atoms with Crippen LogP contribution in [0.2, 0.25) is 0 Å². The first-order valence-corrected chi connectivity index (χ1v) is 8.96. The second-order valence-corrected chi connectivity index (χ2v) is 6.12. The Kier molecular flexibility index (Phi) is 7.74. The van der Waals surface area contributed by atoms with Crippen molar-refractivity contribution in [2.45, 2.75) is 51.9 Å². The van der Waals surface area contributed by atoms with Gasteiger partial charge in [0.15, 0.2) is 5.82 Å². The molecule has 2 aromatic rings. The smallest absolute Gasteiger partial charge is 0.338 e. The zero-order valence-electron chi connectivity index (χ0n) is 15.0. The predicted octanol–water partition coefficient (Wildman–Crippen LogP) is 4.50. The zero-order valence-corrected chi connectivity index (χ0v) is 15.0. The fourth-order valence-electron chi connectivity index (χ4n) is 2.49. The number of nitrogens with zero attached hydrogens (tertiary/aromatic N) is 2. The standard InChI is InChI=1S/C20H24N2O4/c1-2-3-4-5-6-7-8-18(23)26-17-11-9-15(10-12-17)19-21-13-16(14-22-19)20(24)25/h9-14H,2-8H2,1H3,(H,24,25). The van der Waals surface area contributed by atoms with Gasteiger partial charge < -0.3 is 9.84 Å². The van der Waals surface area contributed by atoms with E-state index in [0.717, 1.165) is 24.8 Å². The Morgan fingerprint density at radius 3 is 2.19 bits per heavy atom. The topological polar surface area (TPSA) is 89.4 Å². The molecule has 2 rings (SSSR count). The summed E-state index contributed by atoms with van der Waals surface area (Å²) in [5.74, 6) is -0.397. The highest BCUT2D eigenvalue weighted by Crippen LogP contribution is 2.20. The first-order valence-electron chi connectivity index (χ1n) is 8.96. The molecule has 0 aliphatic heterocycles. The maximum atomic E-state index is 11.9. The van der Waals surface area contributed by atoms with E-state index in [4.69, 9.17) is 9.84 Å². The van der Waals surface area contributed by atoms with Gasteiger partial charge in [0.1, 0.15) is 5.75 Å². The van der Waals surface area contributed by atoms with Gasteiger partial charge in [-0.2, -0.15) is 0 Å². The van der Waals surface area contributed by atoms with Crippen LogP contribution in [-0.4, -0.2) is 27.0 Å². The molecule has 0 aliphatic carbocycles. The summed E-state index contributed by atoms with van der Waals surface area (Å²) in [5, 5.41) is 8.85. The van der Waals surface area contributed by atoms with Crippen LogP contribution in [0.3, 0.4) is 0 Å². The normalized spacial score (nSPS) is 10.5. The van der Waals surface area contributed by atoms with Crippen molar-refractivity contribution in [2.75, 3.05) is 0 Å². The van der Waals surface area contributed by atoms with Crippen molar-refractivity contribution >= 4 is 11.9 Å². The number of hydrogen-bond acceptors (Lipinski definition) is 5. The largest absolute Gasteiger partial charge is 0.478 e. The summed E-state index contributed by atoms with van der Waals surface area (Å²) in [6.07, 6.45) is 9.71. The van der Waals surface area contributed by atoms with E-state index in [1.165, 1.54) is 31.7 Å². The zero-order chi connectivity index (χ0) is 18.8. The number of ether oxygens (including phenoxy) is 1. The van der Waals surface area contributed by atoms with Crippen molar-refractivity contribution in [3.05, 3.63) is 42.2 Å². The molecule has 0 bridgehead atoms. The van der Waals surface area contributed by atoms with Crippen LogP contribution in [0.4, 0.5) is 0 Å². The van der Waals surface area contributed by atoms with E-state index in [2.05, 4.69) is 16.9 Å².